The number of fused-ring (bicyclic) bond motifs is 1. The van der Waals surface area contributed by atoms with E-state index in [2.05, 4.69) is 10.3 Å². The van der Waals surface area contributed by atoms with Crippen molar-refractivity contribution in [1.82, 2.24) is 14.3 Å². The molecule has 0 saturated heterocycles. The summed E-state index contributed by atoms with van der Waals surface area (Å²) in [6.07, 6.45) is 3.91. The molecule has 4 rings (SSSR count). The Morgan fingerprint density at radius 3 is 2.56 bits per heavy atom. The van der Waals surface area contributed by atoms with Crippen LogP contribution in [0.25, 0.3) is 5.65 Å². The van der Waals surface area contributed by atoms with E-state index in [9.17, 15) is 9.59 Å². The summed E-state index contributed by atoms with van der Waals surface area (Å²) >= 11 is 12.2. The van der Waals surface area contributed by atoms with Crippen LogP contribution in [0.2, 0.25) is 10.0 Å². The molecule has 4 aromatic rings. The SMILES string of the molecule is Cc1ccc2nc(COc3cccc(C(=O)N(C)CC(=O)Nc4c(Cl)cccc4Cl)c3)cn2c1. The maximum atomic E-state index is 12.9. The number of para-hydroxylation sites is 1. The smallest absolute Gasteiger partial charge is 0.254 e. The van der Waals surface area contributed by atoms with Gasteiger partial charge in [-0.3, -0.25) is 9.59 Å². The summed E-state index contributed by atoms with van der Waals surface area (Å²) in [6.45, 7) is 2.10. The fourth-order valence-corrected chi connectivity index (χ4v) is 3.90. The number of aromatic nitrogens is 2. The highest BCUT2D eigenvalue weighted by Crippen LogP contribution is 2.29. The minimum atomic E-state index is -0.416. The summed E-state index contributed by atoms with van der Waals surface area (Å²) in [5, 5.41) is 3.29. The Morgan fingerprint density at radius 1 is 1.06 bits per heavy atom. The Morgan fingerprint density at radius 2 is 1.79 bits per heavy atom. The Bertz CT molecular complexity index is 1350. The lowest BCUT2D eigenvalue weighted by Crippen LogP contribution is -2.35. The van der Waals surface area contributed by atoms with Crippen LogP contribution in [0.5, 0.6) is 5.75 Å². The van der Waals surface area contributed by atoms with Gasteiger partial charge in [-0.2, -0.15) is 0 Å². The molecular formula is C25H22Cl2N4O3. The largest absolute Gasteiger partial charge is 0.487 e. The molecule has 2 aromatic carbocycles. The zero-order valence-corrected chi connectivity index (χ0v) is 20.1. The molecule has 1 N–H and O–H groups in total. The van der Waals surface area contributed by atoms with Crippen molar-refractivity contribution in [3.63, 3.8) is 0 Å². The van der Waals surface area contributed by atoms with Gasteiger partial charge in [0.15, 0.2) is 0 Å². The first kappa shape index (κ1) is 23.6. The Balaban J connectivity index is 1.38. The van der Waals surface area contributed by atoms with Crippen molar-refractivity contribution in [3.05, 3.63) is 93.9 Å². The molecule has 0 fully saturated rings. The standard InChI is InChI=1S/C25H22Cl2N4O3/c1-16-9-10-22-28-18(13-31(22)12-16)15-34-19-6-3-5-17(11-19)25(33)30(2)14-23(32)29-24-20(26)7-4-8-21(24)27/h3-13H,14-15H2,1-2H3,(H,29,32). The third kappa shape index (κ3) is 5.50. The van der Waals surface area contributed by atoms with Gasteiger partial charge in [0.05, 0.1) is 28.0 Å². The number of anilines is 1. The summed E-state index contributed by atoms with van der Waals surface area (Å²) in [5.74, 6) is -0.214. The number of carbonyl (C=O) groups excluding carboxylic acids is 2. The highest BCUT2D eigenvalue weighted by atomic mass is 35.5. The third-order valence-electron chi connectivity index (χ3n) is 5.07. The maximum absolute atomic E-state index is 12.9. The van der Waals surface area contributed by atoms with Gasteiger partial charge < -0.3 is 19.4 Å². The van der Waals surface area contributed by atoms with Crippen LogP contribution in [0.4, 0.5) is 5.69 Å². The molecule has 0 aliphatic carbocycles. The van der Waals surface area contributed by atoms with Crippen LogP contribution in [0.1, 0.15) is 21.6 Å². The minimum Gasteiger partial charge on any atom is -0.487 e. The van der Waals surface area contributed by atoms with E-state index in [-0.39, 0.29) is 19.1 Å². The zero-order chi connectivity index (χ0) is 24.2. The highest BCUT2D eigenvalue weighted by molar-refractivity contribution is 6.39. The van der Waals surface area contributed by atoms with Crippen molar-refractivity contribution in [2.75, 3.05) is 18.9 Å². The maximum Gasteiger partial charge on any atom is 0.254 e. The van der Waals surface area contributed by atoms with Gasteiger partial charge in [-0.15, -0.1) is 0 Å². The highest BCUT2D eigenvalue weighted by Gasteiger charge is 2.17. The number of benzene rings is 2. The first-order valence-corrected chi connectivity index (χ1v) is 11.2. The molecule has 0 spiro atoms. The first-order chi connectivity index (χ1) is 16.3. The van der Waals surface area contributed by atoms with E-state index >= 15 is 0 Å². The molecule has 9 heteroatoms. The molecule has 0 saturated carbocycles. The summed E-state index contributed by atoms with van der Waals surface area (Å²) in [6, 6.07) is 15.7. The van der Waals surface area contributed by atoms with Gasteiger partial charge in [-0.1, -0.05) is 41.4 Å². The van der Waals surface area contributed by atoms with E-state index in [1.165, 1.54) is 4.90 Å². The molecule has 0 aliphatic heterocycles. The van der Waals surface area contributed by atoms with Crippen molar-refractivity contribution in [2.24, 2.45) is 0 Å². The summed E-state index contributed by atoms with van der Waals surface area (Å²) in [5.41, 5.74) is 3.46. The number of ether oxygens (including phenoxy) is 1. The van der Waals surface area contributed by atoms with Crippen LogP contribution in [-0.2, 0) is 11.4 Å². The number of hydrogen-bond acceptors (Lipinski definition) is 4. The Hall–Kier alpha value is -3.55. The first-order valence-electron chi connectivity index (χ1n) is 10.5. The normalized spacial score (nSPS) is 10.8. The number of aryl methyl sites for hydroxylation is 1. The third-order valence-corrected chi connectivity index (χ3v) is 5.70. The quantitative estimate of drug-likeness (QED) is 0.379. The lowest BCUT2D eigenvalue weighted by molar-refractivity contribution is -0.116. The van der Waals surface area contributed by atoms with E-state index in [1.807, 2.05) is 35.9 Å². The number of pyridine rings is 1. The number of imidazole rings is 1. The monoisotopic (exact) mass is 496 g/mol. The zero-order valence-electron chi connectivity index (χ0n) is 18.6. The molecule has 174 valence electrons. The van der Waals surface area contributed by atoms with Gasteiger partial charge in [0.1, 0.15) is 18.0 Å². The van der Waals surface area contributed by atoms with Gasteiger partial charge in [0.25, 0.3) is 5.91 Å². The fraction of sp³-hybridized carbons (Fsp3) is 0.160. The minimum absolute atomic E-state index is 0.174. The van der Waals surface area contributed by atoms with Crippen molar-refractivity contribution in [3.8, 4) is 5.75 Å². The molecule has 0 radical (unpaired) electrons. The predicted octanol–water partition coefficient (Wildman–Crippen LogP) is 5.24. The van der Waals surface area contributed by atoms with Gasteiger partial charge in [-0.25, -0.2) is 4.98 Å². The lowest BCUT2D eigenvalue weighted by atomic mass is 10.2. The second kappa shape index (κ2) is 10.2. The van der Waals surface area contributed by atoms with Gasteiger partial charge in [0.2, 0.25) is 5.91 Å². The van der Waals surface area contributed by atoms with Crippen LogP contribution in [-0.4, -0.2) is 39.7 Å². The van der Waals surface area contributed by atoms with E-state index in [0.717, 1.165) is 16.9 Å². The molecule has 0 aliphatic rings. The number of hydrogen-bond donors (Lipinski definition) is 1. The van der Waals surface area contributed by atoms with Gasteiger partial charge >= 0.3 is 0 Å². The molecule has 7 nitrogen and oxygen atoms in total. The van der Waals surface area contributed by atoms with E-state index < -0.39 is 5.91 Å². The number of nitrogens with zero attached hydrogens (tertiary/aromatic N) is 3. The second-order valence-corrected chi connectivity index (χ2v) is 8.64. The Kier molecular flexibility index (Phi) is 7.05. The van der Waals surface area contributed by atoms with Crippen LogP contribution in [0.3, 0.4) is 0 Å². The van der Waals surface area contributed by atoms with Crippen molar-refractivity contribution >= 4 is 46.4 Å². The second-order valence-electron chi connectivity index (χ2n) is 7.83. The molecule has 0 bridgehead atoms. The Labute approximate surface area is 206 Å². The molecule has 2 amide bonds. The summed E-state index contributed by atoms with van der Waals surface area (Å²) in [7, 11) is 1.54. The molecule has 2 heterocycles. The van der Waals surface area contributed by atoms with Crippen LogP contribution >= 0.6 is 23.2 Å². The number of halogens is 2. The average molecular weight is 497 g/mol. The van der Waals surface area contributed by atoms with Crippen molar-refractivity contribution in [2.45, 2.75) is 13.5 Å². The van der Waals surface area contributed by atoms with E-state index in [0.29, 0.717) is 27.0 Å². The molecule has 34 heavy (non-hydrogen) atoms. The number of rotatable bonds is 7. The molecule has 2 aromatic heterocycles. The van der Waals surface area contributed by atoms with Crippen LogP contribution < -0.4 is 10.1 Å². The van der Waals surface area contributed by atoms with Crippen molar-refractivity contribution in [1.29, 1.82) is 0 Å². The van der Waals surface area contributed by atoms with E-state index in [1.54, 1.807) is 49.5 Å². The fourth-order valence-electron chi connectivity index (χ4n) is 3.41. The van der Waals surface area contributed by atoms with Crippen molar-refractivity contribution < 1.29 is 14.3 Å². The number of carbonyl (C=O) groups is 2. The average Bonchev–Trinajstić information content (AvgIpc) is 3.22. The molecule has 0 unspecified atom stereocenters. The summed E-state index contributed by atoms with van der Waals surface area (Å²) < 4.78 is 7.80. The van der Waals surface area contributed by atoms with Crippen LogP contribution in [0, 0.1) is 6.92 Å². The van der Waals surface area contributed by atoms with Gasteiger partial charge in [-0.05, 0) is 48.9 Å². The molecule has 0 atom stereocenters. The number of nitrogens with one attached hydrogen (secondary N) is 1. The lowest BCUT2D eigenvalue weighted by Gasteiger charge is -2.18. The predicted molar refractivity (Wildman–Crippen MR) is 133 cm³/mol. The topological polar surface area (TPSA) is 75.9 Å². The van der Waals surface area contributed by atoms with Gasteiger partial charge in [0, 0.05) is 25.0 Å². The number of likely N-dealkylation sites (N-methyl/N-ethyl adjacent to an activating group) is 1. The van der Waals surface area contributed by atoms with Crippen LogP contribution in [0.15, 0.2) is 67.0 Å². The molecular weight excluding hydrogens is 475 g/mol. The van der Waals surface area contributed by atoms with E-state index in [4.69, 9.17) is 27.9 Å². The summed E-state index contributed by atoms with van der Waals surface area (Å²) in [4.78, 5) is 31.1. The number of amides is 2.